The molecule has 5 heteroatoms. The Hall–Kier alpha value is -2.82. The molecule has 0 spiro atoms. The molecule has 0 aliphatic heterocycles. The average molecular weight is 368 g/mol. The summed E-state index contributed by atoms with van der Waals surface area (Å²) in [5.41, 5.74) is 1.77. The number of methoxy groups -OCH3 is 1. The maximum atomic E-state index is 12.8. The molecule has 1 atom stereocenters. The summed E-state index contributed by atoms with van der Waals surface area (Å²) in [7, 11) is 1.63. The van der Waals surface area contributed by atoms with E-state index in [1.807, 2.05) is 61.5 Å². The van der Waals surface area contributed by atoms with E-state index in [0.29, 0.717) is 19.4 Å². The fraction of sp³-hybridized carbons (Fsp3) is 0.364. The number of para-hydroxylation sites is 1. The van der Waals surface area contributed by atoms with Crippen LogP contribution in [-0.4, -0.2) is 36.4 Å². The van der Waals surface area contributed by atoms with E-state index in [1.54, 1.807) is 18.9 Å². The smallest absolute Gasteiger partial charge is 0.246 e. The van der Waals surface area contributed by atoms with Gasteiger partial charge in [0.2, 0.25) is 11.8 Å². The van der Waals surface area contributed by atoms with Crippen LogP contribution in [0.25, 0.3) is 0 Å². The van der Waals surface area contributed by atoms with Crippen LogP contribution in [0.5, 0.6) is 5.75 Å². The molecule has 2 aromatic rings. The normalized spacial score (nSPS) is 11.5. The van der Waals surface area contributed by atoms with Crippen LogP contribution in [0.1, 0.15) is 32.3 Å². The molecule has 0 aliphatic carbocycles. The summed E-state index contributed by atoms with van der Waals surface area (Å²) in [5.74, 6) is 0.584. The van der Waals surface area contributed by atoms with Crippen molar-refractivity contribution in [2.75, 3.05) is 19.0 Å². The molecule has 27 heavy (non-hydrogen) atoms. The van der Waals surface area contributed by atoms with Gasteiger partial charge in [0.15, 0.2) is 0 Å². The van der Waals surface area contributed by atoms with Crippen LogP contribution >= 0.6 is 0 Å². The Morgan fingerprint density at radius 2 is 1.85 bits per heavy atom. The number of nitrogens with one attached hydrogen (secondary N) is 1. The molecular weight excluding hydrogens is 340 g/mol. The minimum absolute atomic E-state index is 0.0182. The number of rotatable bonds is 9. The van der Waals surface area contributed by atoms with E-state index in [4.69, 9.17) is 4.74 Å². The van der Waals surface area contributed by atoms with Crippen molar-refractivity contribution >= 4 is 17.5 Å². The van der Waals surface area contributed by atoms with Crippen molar-refractivity contribution in [3.63, 3.8) is 0 Å². The predicted molar refractivity (Wildman–Crippen MR) is 108 cm³/mol. The quantitative estimate of drug-likeness (QED) is 0.730. The summed E-state index contributed by atoms with van der Waals surface area (Å²) in [6, 6.07) is 16.5. The van der Waals surface area contributed by atoms with Gasteiger partial charge in [-0.15, -0.1) is 0 Å². The van der Waals surface area contributed by atoms with Gasteiger partial charge in [-0.1, -0.05) is 37.3 Å². The lowest BCUT2D eigenvalue weighted by Crippen LogP contribution is -2.46. The third-order valence-corrected chi connectivity index (χ3v) is 4.43. The number of anilines is 1. The first kappa shape index (κ1) is 20.5. The van der Waals surface area contributed by atoms with Crippen LogP contribution in [0.4, 0.5) is 5.69 Å². The van der Waals surface area contributed by atoms with Gasteiger partial charge in [-0.3, -0.25) is 9.59 Å². The Morgan fingerprint density at radius 1 is 1.11 bits per heavy atom. The summed E-state index contributed by atoms with van der Waals surface area (Å²) in [6.45, 7) is 4.34. The number of carbonyl (C=O) groups excluding carboxylic acids is 2. The molecule has 0 fully saturated rings. The predicted octanol–water partition coefficient (Wildman–Crippen LogP) is 3.89. The Labute approximate surface area is 161 Å². The molecule has 1 unspecified atom stereocenters. The number of ether oxygens (including phenoxy) is 1. The maximum absolute atomic E-state index is 12.8. The number of aryl methyl sites for hydroxylation is 1. The van der Waals surface area contributed by atoms with Gasteiger partial charge in [0.25, 0.3) is 0 Å². The van der Waals surface area contributed by atoms with Crippen LogP contribution in [0, 0.1) is 0 Å². The topological polar surface area (TPSA) is 58.6 Å². The van der Waals surface area contributed by atoms with E-state index in [2.05, 4.69) is 5.32 Å². The first-order valence-electron chi connectivity index (χ1n) is 9.33. The lowest BCUT2D eigenvalue weighted by atomic mass is 10.1. The Balaban J connectivity index is 1.99. The molecule has 0 bridgehead atoms. The Kier molecular flexibility index (Phi) is 7.86. The average Bonchev–Trinajstić information content (AvgIpc) is 2.70. The van der Waals surface area contributed by atoms with Gasteiger partial charge >= 0.3 is 0 Å². The molecule has 1 N–H and O–H groups in total. The van der Waals surface area contributed by atoms with Crippen LogP contribution < -0.4 is 10.1 Å². The summed E-state index contributed by atoms with van der Waals surface area (Å²) >= 11 is 0. The maximum Gasteiger partial charge on any atom is 0.246 e. The number of hydrogen-bond acceptors (Lipinski definition) is 3. The second-order valence-electron chi connectivity index (χ2n) is 6.47. The van der Waals surface area contributed by atoms with Crippen LogP contribution in [-0.2, 0) is 16.0 Å². The number of amides is 2. The molecule has 0 radical (unpaired) electrons. The van der Waals surface area contributed by atoms with Crippen LogP contribution in [0.15, 0.2) is 54.6 Å². The van der Waals surface area contributed by atoms with Gasteiger partial charge in [-0.25, -0.2) is 0 Å². The molecule has 2 rings (SSSR count). The molecule has 0 aliphatic rings. The van der Waals surface area contributed by atoms with Crippen molar-refractivity contribution in [3.8, 4) is 5.75 Å². The van der Waals surface area contributed by atoms with E-state index in [9.17, 15) is 9.59 Å². The number of nitrogens with zero attached hydrogens (tertiary/aromatic N) is 1. The van der Waals surface area contributed by atoms with E-state index in [1.165, 1.54) is 0 Å². The third kappa shape index (κ3) is 6.13. The number of carbonyl (C=O) groups is 2. The molecule has 144 valence electrons. The van der Waals surface area contributed by atoms with Gasteiger partial charge < -0.3 is 15.0 Å². The summed E-state index contributed by atoms with van der Waals surface area (Å²) in [4.78, 5) is 27.0. The van der Waals surface area contributed by atoms with Crippen molar-refractivity contribution in [2.45, 2.75) is 39.2 Å². The lowest BCUT2D eigenvalue weighted by molar-refractivity contribution is -0.138. The van der Waals surface area contributed by atoms with Gasteiger partial charge in [0.05, 0.1) is 7.11 Å². The van der Waals surface area contributed by atoms with Crippen molar-refractivity contribution in [2.24, 2.45) is 0 Å². The minimum Gasteiger partial charge on any atom is -0.497 e. The Morgan fingerprint density at radius 3 is 2.52 bits per heavy atom. The van der Waals surface area contributed by atoms with Gasteiger partial charge in [0.1, 0.15) is 11.8 Å². The molecule has 2 aromatic carbocycles. The second kappa shape index (κ2) is 10.4. The van der Waals surface area contributed by atoms with Crippen molar-refractivity contribution in [1.82, 2.24) is 4.90 Å². The number of benzene rings is 2. The van der Waals surface area contributed by atoms with Gasteiger partial charge in [-0.05, 0) is 49.6 Å². The zero-order valence-electron chi connectivity index (χ0n) is 16.3. The SMILES string of the molecule is CCCN(C(=O)CCc1cccc(OC)c1)C(C)C(=O)Nc1ccccc1. The summed E-state index contributed by atoms with van der Waals surface area (Å²) < 4.78 is 5.23. The van der Waals surface area contributed by atoms with Crippen molar-refractivity contribution in [1.29, 1.82) is 0 Å². The zero-order valence-corrected chi connectivity index (χ0v) is 16.3. The molecule has 0 aromatic heterocycles. The fourth-order valence-corrected chi connectivity index (χ4v) is 2.91. The molecule has 0 heterocycles. The molecule has 5 nitrogen and oxygen atoms in total. The van der Waals surface area contributed by atoms with Crippen LogP contribution in [0.2, 0.25) is 0 Å². The zero-order chi connectivity index (χ0) is 19.6. The van der Waals surface area contributed by atoms with E-state index in [-0.39, 0.29) is 11.8 Å². The van der Waals surface area contributed by atoms with Gasteiger partial charge in [0, 0.05) is 18.7 Å². The highest BCUT2D eigenvalue weighted by Gasteiger charge is 2.25. The van der Waals surface area contributed by atoms with Gasteiger partial charge in [-0.2, -0.15) is 0 Å². The lowest BCUT2D eigenvalue weighted by Gasteiger charge is -2.28. The largest absolute Gasteiger partial charge is 0.497 e. The number of hydrogen-bond donors (Lipinski definition) is 1. The standard InChI is InChI=1S/C22H28N2O3/c1-4-15-24(17(2)22(26)23-19-10-6-5-7-11-19)21(25)14-13-18-9-8-12-20(16-18)27-3/h5-12,16-17H,4,13-15H2,1-3H3,(H,23,26). The second-order valence-corrected chi connectivity index (χ2v) is 6.47. The molecule has 2 amide bonds. The fourth-order valence-electron chi connectivity index (χ4n) is 2.91. The minimum atomic E-state index is -0.525. The molecular formula is C22H28N2O3. The summed E-state index contributed by atoms with van der Waals surface area (Å²) in [5, 5.41) is 2.87. The highest BCUT2D eigenvalue weighted by molar-refractivity contribution is 5.96. The summed E-state index contributed by atoms with van der Waals surface area (Å²) in [6.07, 6.45) is 1.77. The monoisotopic (exact) mass is 368 g/mol. The highest BCUT2D eigenvalue weighted by Crippen LogP contribution is 2.15. The van der Waals surface area contributed by atoms with Crippen LogP contribution in [0.3, 0.4) is 0 Å². The first-order chi connectivity index (χ1) is 13.0. The first-order valence-corrected chi connectivity index (χ1v) is 9.33. The third-order valence-electron chi connectivity index (χ3n) is 4.43. The van der Waals surface area contributed by atoms with Crippen molar-refractivity contribution < 1.29 is 14.3 Å². The van der Waals surface area contributed by atoms with E-state index in [0.717, 1.165) is 23.4 Å². The van der Waals surface area contributed by atoms with Crippen molar-refractivity contribution in [3.05, 3.63) is 60.2 Å². The Bertz CT molecular complexity index is 746. The highest BCUT2D eigenvalue weighted by atomic mass is 16.5. The molecule has 0 saturated carbocycles. The van der Waals surface area contributed by atoms with E-state index < -0.39 is 6.04 Å². The molecule has 0 saturated heterocycles. The van der Waals surface area contributed by atoms with E-state index >= 15 is 0 Å².